The van der Waals surface area contributed by atoms with E-state index in [1.165, 1.54) is 0 Å². The molecule has 0 radical (unpaired) electrons. The molecule has 0 spiro atoms. The topological polar surface area (TPSA) is 54.9 Å². The van der Waals surface area contributed by atoms with Gasteiger partial charge in [-0.05, 0) is 47.2 Å². The van der Waals surface area contributed by atoms with Gasteiger partial charge in [-0.1, -0.05) is 0 Å². The first-order valence-corrected chi connectivity index (χ1v) is 6.57. The summed E-state index contributed by atoms with van der Waals surface area (Å²) >= 11 is 8.43. The Kier molecular flexibility index (Phi) is 4.38. The molecule has 1 aromatic carbocycles. The fourth-order valence-electron chi connectivity index (χ4n) is 1.39. The number of nitrogens with zero attached hydrogens (tertiary/aromatic N) is 1. The molecule has 7 heteroatoms. The number of rotatable bonds is 3. The van der Waals surface area contributed by atoms with Crippen LogP contribution in [-0.2, 0) is 0 Å². The van der Waals surface area contributed by atoms with Crippen LogP contribution in [0.3, 0.4) is 0 Å². The van der Waals surface area contributed by atoms with Gasteiger partial charge in [0.05, 0.1) is 6.21 Å². The highest BCUT2D eigenvalue weighted by molar-refractivity contribution is 9.10. The Bertz CT molecular complexity index is 493. The fourth-order valence-corrected chi connectivity index (χ4v) is 2.01. The highest BCUT2D eigenvalue weighted by atomic mass is 79.9. The van der Waals surface area contributed by atoms with Crippen LogP contribution in [0, 0.1) is 0 Å². The number of fused-ring (bicyclic) bond motifs is 1. The minimum Gasteiger partial charge on any atom is -0.454 e. The number of hydrogen-bond donors (Lipinski definition) is 2. The average molecular weight is 330 g/mol. The van der Waals surface area contributed by atoms with E-state index in [1.807, 2.05) is 19.1 Å². The molecule has 0 fully saturated rings. The van der Waals surface area contributed by atoms with Crippen molar-refractivity contribution in [3.05, 3.63) is 22.2 Å². The molecule has 0 bridgehead atoms. The smallest absolute Gasteiger partial charge is 0.231 e. The second-order valence-corrected chi connectivity index (χ2v) is 4.72. The summed E-state index contributed by atoms with van der Waals surface area (Å²) in [5, 5.41) is 7.47. The quantitative estimate of drug-likeness (QED) is 0.504. The monoisotopic (exact) mass is 329 g/mol. The largest absolute Gasteiger partial charge is 0.454 e. The predicted octanol–water partition coefficient (Wildman–Crippen LogP) is 2.00. The summed E-state index contributed by atoms with van der Waals surface area (Å²) in [6.45, 7) is 2.98. The van der Waals surface area contributed by atoms with Crippen LogP contribution in [-0.4, -0.2) is 24.7 Å². The average Bonchev–Trinajstić information content (AvgIpc) is 2.76. The Morgan fingerprint density at radius 3 is 2.94 bits per heavy atom. The highest BCUT2D eigenvalue weighted by Gasteiger charge is 2.15. The fraction of sp³-hybridized carbons (Fsp3) is 0.273. The number of hydrogen-bond acceptors (Lipinski definition) is 4. The Balaban J connectivity index is 2.05. The zero-order valence-corrected chi connectivity index (χ0v) is 12.1. The minimum absolute atomic E-state index is 0.255. The highest BCUT2D eigenvalue weighted by Crippen LogP contribution is 2.36. The van der Waals surface area contributed by atoms with Gasteiger partial charge in [0.2, 0.25) is 6.79 Å². The van der Waals surface area contributed by atoms with Crippen molar-refractivity contribution in [3.8, 4) is 11.5 Å². The van der Waals surface area contributed by atoms with Gasteiger partial charge in [-0.15, -0.1) is 0 Å². The molecule has 18 heavy (non-hydrogen) atoms. The first-order valence-electron chi connectivity index (χ1n) is 5.36. The number of halogens is 1. The molecule has 2 rings (SSSR count). The van der Waals surface area contributed by atoms with Gasteiger partial charge in [0.1, 0.15) is 0 Å². The molecule has 1 aromatic rings. The van der Waals surface area contributed by atoms with Crippen molar-refractivity contribution in [3.63, 3.8) is 0 Å². The van der Waals surface area contributed by atoms with Gasteiger partial charge >= 0.3 is 0 Å². The number of nitrogens with one attached hydrogen (secondary N) is 2. The molecule has 0 atom stereocenters. The van der Waals surface area contributed by atoms with Crippen LogP contribution in [0.4, 0.5) is 0 Å². The molecular weight excluding hydrogens is 318 g/mol. The maximum absolute atomic E-state index is 5.30. The van der Waals surface area contributed by atoms with Crippen LogP contribution >= 0.6 is 28.1 Å². The first kappa shape index (κ1) is 13.1. The van der Waals surface area contributed by atoms with E-state index in [9.17, 15) is 0 Å². The molecule has 5 nitrogen and oxygen atoms in total. The van der Waals surface area contributed by atoms with Crippen LogP contribution in [0.25, 0.3) is 0 Å². The molecule has 0 aromatic heterocycles. The molecule has 0 saturated carbocycles. The van der Waals surface area contributed by atoms with Crippen molar-refractivity contribution >= 4 is 39.5 Å². The summed E-state index contributed by atoms with van der Waals surface area (Å²) in [6.07, 6.45) is 1.66. The Morgan fingerprint density at radius 2 is 2.22 bits per heavy atom. The van der Waals surface area contributed by atoms with Crippen LogP contribution in [0.1, 0.15) is 12.5 Å². The van der Waals surface area contributed by atoms with Crippen LogP contribution in [0.5, 0.6) is 11.5 Å². The number of thiocarbonyl (C=S) groups is 1. The molecule has 0 amide bonds. The second-order valence-electron chi connectivity index (χ2n) is 3.46. The number of hydrazone groups is 1. The lowest BCUT2D eigenvalue weighted by atomic mass is 10.2. The minimum atomic E-state index is 0.255. The predicted molar refractivity (Wildman–Crippen MR) is 77.3 cm³/mol. The summed E-state index contributed by atoms with van der Waals surface area (Å²) < 4.78 is 11.4. The third-order valence-electron chi connectivity index (χ3n) is 2.20. The van der Waals surface area contributed by atoms with Gasteiger partial charge in [-0.25, -0.2) is 0 Å². The lowest BCUT2D eigenvalue weighted by Crippen LogP contribution is -2.31. The Labute approximate surface area is 119 Å². The van der Waals surface area contributed by atoms with Crippen LogP contribution in [0.15, 0.2) is 21.7 Å². The van der Waals surface area contributed by atoms with E-state index in [-0.39, 0.29) is 6.79 Å². The van der Waals surface area contributed by atoms with Crippen molar-refractivity contribution in [2.24, 2.45) is 5.10 Å². The molecule has 96 valence electrons. The van der Waals surface area contributed by atoms with E-state index >= 15 is 0 Å². The van der Waals surface area contributed by atoms with E-state index in [0.717, 1.165) is 22.3 Å². The summed E-state index contributed by atoms with van der Waals surface area (Å²) in [5.41, 5.74) is 3.60. The van der Waals surface area contributed by atoms with Gasteiger partial charge in [0.15, 0.2) is 16.6 Å². The summed E-state index contributed by atoms with van der Waals surface area (Å²) in [5.74, 6) is 1.45. The Morgan fingerprint density at radius 1 is 1.50 bits per heavy atom. The second kappa shape index (κ2) is 6.01. The van der Waals surface area contributed by atoms with Crippen molar-refractivity contribution in [2.45, 2.75) is 6.92 Å². The van der Waals surface area contributed by atoms with Crippen molar-refractivity contribution in [1.82, 2.24) is 10.7 Å². The van der Waals surface area contributed by atoms with Crippen LogP contribution < -0.4 is 20.2 Å². The lowest BCUT2D eigenvalue weighted by molar-refractivity contribution is 0.174. The molecule has 1 aliphatic rings. The van der Waals surface area contributed by atoms with E-state index < -0.39 is 0 Å². The van der Waals surface area contributed by atoms with Crippen molar-refractivity contribution < 1.29 is 9.47 Å². The number of benzene rings is 1. The zero-order valence-electron chi connectivity index (χ0n) is 9.70. The normalized spacial score (nSPS) is 12.8. The van der Waals surface area contributed by atoms with Crippen molar-refractivity contribution in [1.29, 1.82) is 0 Å². The maximum atomic E-state index is 5.30. The zero-order chi connectivity index (χ0) is 13.0. The van der Waals surface area contributed by atoms with E-state index in [4.69, 9.17) is 21.7 Å². The summed E-state index contributed by atoms with van der Waals surface area (Å²) in [6, 6.07) is 3.71. The van der Waals surface area contributed by atoms with E-state index in [0.29, 0.717) is 10.9 Å². The number of ether oxygens (including phenoxy) is 2. The standard InChI is InChI=1S/C11H12BrN3O2S/c1-2-13-11(18)15-14-5-7-3-9-10(4-8(7)12)17-6-16-9/h3-5H,2,6H2,1H3,(H2,13,15,18). The molecule has 1 aliphatic heterocycles. The van der Waals surface area contributed by atoms with Gasteiger partial charge in [-0.3, -0.25) is 5.43 Å². The van der Waals surface area contributed by atoms with Crippen LogP contribution in [0.2, 0.25) is 0 Å². The summed E-state index contributed by atoms with van der Waals surface area (Å²) in [4.78, 5) is 0. The SMILES string of the molecule is CCNC(=S)NN=Cc1cc2c(cc1Br)OCO2. The van der Waals surface area contributed by atoms with E-state index in [1.54, 1.807) is 6.21 Å². The first-order chi connectivity index (χ1) is 8.70. The molecule has 0 saturated heterocycles. The van der Waals surface area contributed by atoms with Gasteiger partial charge < -0.3 is 14.8 Å². The molecular formula is C11H12BrN3O2S. The maximum Gasteiger partial charge on any atom is 0.231 e. The Hall–Kier alpha value is -1.34. The van der Waals surface area contributed by atoms with Crippen molar-refractivity contribution in [2.75, 3.05) is 13.3 Å². The van der Waals surface area contributed by atoms with Gasteiger partial charge in [-0.2, -0.15) is 5.10 Å². The third kappa shape index (κ3) is 3.11. The molecule has 1 heterocycles. The van der Waals surface area contributed by atoms with Gasteiger partial charge in [0.25, 0.3) is 0 Å². The van der Waals surface area contributed by atoms with Gasteiger partial charge in [0, 0.05) is 16.6 Å². The lowest BCUT2D eigenvalue weighted by Gasteiger charge is -2.04. The van der Waals surface area contributed by atoms with E-state index in [2.05, 4.69) is 31.8 Å². The summed E-state index contributed by atoms with van der Waals surface area (Å²) in [7, 11) is 0. The molecule has 0 unspecified atom stereocenters. The third-order valence-corrected chi connectivity index (χ3v) is 3.12. The molecule has 2 N–H and O–H groups in total. The molecule has 0 aliphatic carbocycles.